The first-order valence-corrected chi connectivity index (χ1v) is 7.88. The van der Waals surface area contributed by atoms with Crippen LogP contribution in [0.25, 0.3) is 11.3 Å². The van der Waals surface area contributed by atoms with E-state index in [9.17, 15) is 4.79 Å². The van der Waals surface area contributed by atoms with Crippen LogP contribution in [0.5, 0.6) is 0 Å². The molecule has 3 rings (SSSR count). The topological polar surface area (TPSA) is 75.3 Å². The lowest BCUT2D eigenvalue weighted by Gasteiger charge is -2.32. The molecule has 2 aromatic heterocycles. The molecule has 0 unspecified atom stereocenters. The molecule has 20 heavy (non-hydrogen) atoms. The first-order valence-electron chi connectivity index (χ1n) is 6.23. The van der Waals surface area contributed by atoms with Gasteiger partial charge in [0.25, 0.3) is 0 Å². The normalized spacial score (nSPS) is 16.0. The van der Waals surface area contributed by atoms with Gasteiger partial charge in [-0.2, -0.15) is 4.37 Å². The highest BCUT2D eigenvalue weighted by atomic mass is 32.1. The van der Waals surface area contributed by atoms with Crippen molar-refractivity contribution >= 4 is 39.6 Å². The van der Waals surface area contributed by atoms with Crippen molar-refractivity contribution in [2.45, 2.75) is 6.92 Å². The number of anilines is 2. The second kappa shape index (κ2) is 5.02. The van der Waals surface area contributed by atoms with Crippen LogP contribution in [0.15, 0.2) is 5.38 Å². The molecule has 1 saturated heterocycles. The van der Waals surface area contributed by atoms with E-state index in [1.807, 2.05) is 24.3 Å². The molecule has 0 bridgehead atoms. The van der Waals surface area contributed by atoms with E-state index in [0.717, 1.165) is 27.8 Å². The third-order valence-corrected chi connectivity index (χ3v) is 5.02. The number of hydrogen-bond donors (Lipinski definition) is 1. The van der Waals surface area contributed by atoms with Gasteiger partial charge in [-0.25, -0.2) is 4.98 Å². The molecule has 0 atom stereocenters. The monoisotopic (exact) mass is 309 g/mol. The van der Waals surface area contributed by atoms with Crippen molar-refractivity contribution in [2.75, 3.05) is 37.3 Å². The Bertz CT molecular complexity index is 650. The van der Waals surface area contributed by atoms with E-state index in [4.69, 9.17) is 5.73 Å². The molecular formula is C12H15N5OS2. The van der Waals surface area contributed by atoms with Gasteiger partial charge in [0.15, 0.2) is 0 Å². The molecular weight excluding hydrogens is 294 g/mol. The first-order chi connectivity index (χ1) is 9.56. The summed E-state index contributed by atoms with van der Waals surface area (Å²) >= 11 is 2.92. The van der Waals surface area contributed by atoms with Gasteiger partial charge in [-0.1, -0.05) is 0 Å². The van der Waals surface area contributed by atoms with Crippen LogP contribution in [0.4, 0.5) is 10.8 Å². The molecule has 0 spiro atoms. The Kier molecular flexibility index (Phi) is 3.35. The molecule has 0 aromatic carbocycles. The van der Waals surface area contributed by atoms with Gasteiger partial charge in [-0.15, -0.1) is 11.3 Å². The number of carbonyl (C=O) groups is 1. The maximum Gasteiger partial charge on any atom is 0.241 e. The van der Waals surface area contributed by atoms with Gasteiger partial charge in [0.1, 0.15) is 10.8 Å². The van der Waals surface area contributed by atoms with Crippen molar-refractivity contribution in [3.05, 3.63) is 10.4 Å². The quantitative estimate of drug-likeness (QED) is 0.908. The molecule has 1 aliphatic rings. The number of piperazine rings is 1. The molecule has 106 valence electrons. The second-order valence-corrected chi connectivity index (χ2v) is 6.55. The average molecular weight is 309 g/mol. The highest BCUT2D eigenvalue weighted by molar-refractivity contribution is 7.11. The number of nitrogen functional groups attached to an aromatic ring is 1. The highest BCUT2D eigenvalue weighted by Gasteiger charge is 2.27. The van der Waals surface area contributed by atoms with Crippen LogP contribution in [0, 0.1) is 6.92 Å². The van der Waals surface area contributed by atoms with E-state index in [1.54, 1.807) is 16.2 Å². The first kappa shape index (κ1) is 13.3. The van der Waals surface area contributed by atoms with Crippen LogP contribution in [0.2, 0.25) is 0 Å². The maximum absolute atomic E-state index is 11.9. The van der Waals surface area contributed by atoms with Gasteiger partial charge in [0, 0.05) is 25.5 Å². The smallest absolute Gasteiger partial charge is 0.241 e. The van der Waals surface area contributed by atoms with E-state index in [0.29, 0.717) is 18.9 Å². The third-order valence-electron chi connectivity index (χ3n) is 3.32. The lowest BCUT2D eigenvalue weighted by atomic mass is 10.2. The number of thiazole rings is 1. The summed E-state index contributed by atoms with van der Waals surface area (Å²) in [5.74, 6) is 0.602. The van der Waals surface area contributed by atoms with Crippen molar-refractivity contribution in [3.8, 4) is 11.3 Å². The maximum atomic E-state index is 11.9. The van der Waals surface area contributed by atoms with Crippen molar-refractivity contribution in [1.29, 1.82) is 0 Å². The highest BCUT2D eigenvalue weighted by Crippen LogP contribution is 2.39. The van der Waals surface area contributed by atoms with Crippen LogP contribution < -0.4 is 10.6 Å². The minimum absolute atomic E-state index is 0.114. The Labute approximate surface area is 125 Å². The zero-order chi connectivity index (χ0) is 14.3. The Morgan fingerprint density at radius 2 is 2.20 bits per heavy atom. The molecule has 0 radical (unpaired) electrons. The summed E-state index contributed by atoms with van der Waals surface area (Å²) in [5.41, 5.74) is 7.70. The van der Waals surface area contributed by atoms with Crippen LogP contribution in [0.1, 0.15) is 5.01 Å². The summed E-state index contributed by atoms with van der Waals surface area (Å²) in [4.78, 5) is 20.1. The number of rotatable bonds is 2. The van der Waals surface area contributed by atoms with Crippen LogP contribution in [-0.2, 0) is 4.79 Å². The molecule has 0 aliphatic carbocycles. The average Bonchev–Trinajstić information content (AvgIpc) is 2.99. The third kappa shape index (κ3) is 2.25. The predicted molar refractivity (Wildman–Crippen MR) is 82.2 cm³/mol. The number of carbonyl (C=O) groups excluding carboxylic acids is 1. The van der Waals surface area contributed by atoms with Gasteiger partial charge < -0.3 is 15.5 Å². The molecule has 3 heterocycles. The van der Waals surface area contributed by atoms with Crippen LogP contribution in [-0.4, -0.2) is 46.8 Å². The lowest BCUT2D eigenvalue weighted by Crippen LogP contribution is -2.48. The molecule has 1 fully saturated rings. The van der Waals surface area contributed by atoms with Gasteiger partial charge in [0.05, 0.1) is 22.8 Å². The van der Waals surface area contributed by atoms with Crippen molar-refractivity contribution < 1.29 is 4.79 Å². The van der Waals surface area contributed by atoms with Gasteiger partial charge >= 0.3 is 0 Å². The fourth-order valence-electron chi connectivity index (χ4n) is 2.16. The number of nitrogens with zero attached hydrogens (tertiary/aromatic N) is 4. The van der Waals surface area contributed by atoms with Gasteiger partial charge in [-0.3, -0.25) is 4.79 Å². The number of aromatic nitrogens is 2. The fourth-order valence-corrected chi connectivity index (χ4v) is 3.61. The molecule has 1 amide bonds. The lowest BCUT2D eigenvalue weighted by molar-refractivity contribution is -0.129. The molecule has 2 N–H and O–H groups in total. The molecule has 8 heteroatoms. The van der Waals surface area contributed by atoms with Crippen molar-refractivity contribution in [1.82, 2.24) is 14.3 Å². The van der Waals surface area contributed by atoms with Crippen molar-refractivity contribution in [2.24, 2.45) is 0 Å². The second-order valence-electron chi connectivity index (χ2n) is 4.74. The summed E-state index contributed by atoms with van der Waals surface area (Å²) < 4.78 is 4.24. The number of aryl methyl sites for hydroxylation is 1. The SMILES string of the molecule is Cc1nc(-c2c(N)nsc2N2CCN(C)C(=O)C2)cs1. The van der Waals surface area contributed by atoms with Crippen LogP contribution >= 0.6 is 22.9 Å². The largest absolute Gasteiger partial charge is 0.382 e. The summed E-state index contributed by atoms with van der Waals surface area (Å²) in [6.45, 7) is 3.84. The molecule has 2 aromatic rings. The zero-order valence-electron chi connectivity index (χ0n) is 11.3. The van der Waals surface area contributed by atoms with Gasteiger partial charge in [0.2, 0.25) is 5.91 Å². The van der Waals surface area contributed by atoms with E-state index in [1.165, 1.54) is 11.5 Å². The van der Waals surface area contributed by atoms with Crippen molar-refractivity contribution in [3.63, 3.8) is 0 Å². The van der Waals surface area contributed by atoms with Gasteiger partial charge in [-0.05, 0) is 18.5 Å². The minimum Gasteiger partial charge on any atom is -0.382 e. The Hall–Kier alpha value is -1.67. The predicted octanol–water partition coefficient (Wildman–Crippen LogP) is 1.44. The Morgan fingerprint density at radius 3 is 2.85 bits per heavy atom. The van der Waals surface area contributed by atoms with E-state index < -0.39 is 0 Å². The Balaban J connectivity index is 1.97. The number of nitrogens with two attached hydrogens (primary N) is 1. The Morgan fingerprint density at radius 1 is 1.40 bits per heavy atom. The standard InChI is InChI=1S/C12H15N5OS2/c1-7-14-8(6-19-7)10-11(13)15-20-12(10)17-4-3-16(2)9(18)5-17/h6H,3-5H2,1-2H3,(H2,13,15). The molecule has 1 aliphatic heterocycles. The fraction of sp³-hybridized carbons (Fsp3) is 0.417. The number of hydrogen-bond acceptors (Lipinski definition) is 7. The summed E-state index contributed by atoms with van der Waals surface area (Å²) in [7, 11) is 1.82. The summed E-state index contributed by atoms with van der Waals surface area (Å²) in [6.07, 6.45) is 0. The van der Waals surface area contributed by atoms with E-state index in [2.05, 4.69) is 9.36 Å². The zero-order valence-corrected chi connectivity index (χ0v) is 12.9. The minimum atomic E-state index is 0.114. The van der Waals surface area contributed by atoms with E-state index >= 15 is 0 Å². The number of likely N-dealkylation sites (N-methyl/N-ethyl adjacent to an activating group) is 1. The van der Waals surface area contributed by atoms with Crippen LogP contribution in [0.3, 0.4) is 0 Å². The number of amides is 1. The van der Waals surface area contributed by atoms with E-state index in [-0.39, 0.29) is 5.91 Å². The molecule has 0 saturated carbocycles. The molecule has 6 nitrogen and oxygen atoms in total. The summed E-state index contributed by atoms with van der Waals surface area (Å²) in [5, 5.41) is 3.91. The summed E-state index contributed by atoms with van der Waals surface area (Å²) in [6, 6.07) is 0.